The summed E-state index contributed by atoms with van der Waals surface area (Å²) in [4.78, 5) is 0. The molecular weight excluding hydrogens is 168 g/mol. The molecule has 0 spiro atoms. The maximum absolute atomic E-state index is 9.86. The molecule has 1 saturated heterocycles. The number of aliphatic hydroxyl groups is 2. The van der Waals surface area contributed by atoms with Crippen molar-refractivity contribution in [3.05, 3.63) is 0 Å². The van der Waals surface area contributed by atoms with Crippen LogP contribution in [0, 0.1) is 11.3 Å². The minimum Gasteiger partial charge on any atom is -0.396 e. The molecule has 1 aliphatic carbocycles. The second-order valence-electron chi connectivity index (χ2n) is 5.10. The lowest BCUT2D eigenvalue weighted by Gasteiger charge is -2.42. The normalized spacial score (nSPS) is 52.8. The van der Waals surface area contributed by atoms with Gasteiger partial charge in [-0.15, -0.1) is 0 Å². The fourth-order valence-electron chi connectivity index (χ4n) is 2.76. The first-order valence-corrected chi connectivity index (χ1v) is 4.89. The average Bonchev–Trinajstić information content (AvgIpc) is 2.61. The summed E-state index contributed by atoms with van der Waals surface area (Å²) in [6, 6.07) is 0. The van der Waals surface area contributed by atoms with Crippen molar-refractivity contribution in [1.82, 2.24) is 0 Å². The molecule has 0 aromatic carbocycles. The Balaban J connectivity index is 2.27. The zero-order valence-corrected chi connectivity index (χ0v) is 8.45. The summed E-state index contributed by atoms with van der Waals surface area (Å²) in [5.41, 5.74) is -0.423. The smallest absolute Gasteiger partial charge is 0.0977 e. The van der Waals surface area contributed by atoms with Crippen LogP contribution in [0.3, 0.4) is 0 Å². The van der Waals surface area contributed by atoms with Gasteiger partial charge in [-0.2, -0.15) is 0 Å². The van der Waals surface area contributed by atoms with Crippen molar-refractivity contribution in [3.63, 3.8) is 0 Å². The van der Waals surface area contributed by atoms with Crippen molar-refractivity contribution in [2.45, 2.75) is 45.0 Å². The van der Waals surface area contributed by atoms with Crippen LogP contribution in [0.2, 0.25) is 0 Å². The first-order chi connectivity index (χ1) is 5.93. The lowest BCUT2D eigenvalue weighted by molar-refractivity contribution is -0.0548. The quantitative estimate of drug-likeness (QED) is 0.588. The van der Waals surface area contributed by atoms with Gasteiger partial charge in [0.2, 0.25) is 0 Å². The highest BCUT2D eigenvalue weighted by Crippen LogP contribution is 2.57. The first-order valence-electron chi connectivity index (χ1n) is 4.89. The molecule has 2 N–H and O–H groups in total. The minimum atomic E-state index is -0.356. The number of aliphatic hydroxyl groups excluding tert-OH is 2. The Bertz CT molecular complexity index is 226. The molecular formula is C10H18O3. The Hall–Kier alpha value is -0.120. The molecule has 1 saturated carbocycles. The molecule has 76 valence electrons. The van der Waals surface area contributed by atoms with Crippen LogP contribution < -0.4 is 0 Å². The Morgan fingerprint density at radius 2 is 2.00 bits per heavy atom. The van der Waals surface area contributed by atoms with Crippen molar-refractivity contribution in [2.75, 3.05) is 6.61 Å². The molecule has 2 aliphatic rings. The average molecular weight is 186 g/mol. The third kappa shape index (κ3) is 1.07. The van der Waals surface area contributed by atoms with Gasteiger partial charge in [-0.25, -0.2) is 0 Å². The van der Waals surface area contributed by atoms with E-state index in [9.17, 15) is 10.2 Å². The molecule has 1 aliphatic heterocycles. The fourth-order valence-corrected chi connectivity index (χ4v) is 2.76. The van der Waals surface area contributed by atoms with Crippen LogP contribution in [0.4, 0.5) is 0 Å². The minimum absolute atomic E-state index is 0.0498. The molecule has 3 heteroatoms. The molecule has 3 nitrogen and oxygen atoms in total. The zero-order valence-electron chi connectivity index (χ0n) is 8.45. The van der Waals surface area contributed by atoms with Gasteiger partial charge in [0.05, 0.1) is 17.8 Å². The molecule has 2 rings (SSSR count). The van der Waals surface area contributed by atoms with E-state index in [4.69, 9.17) is 4.74 Å². The van der Waals surface area contributed by atoms with E-state index in [-0.39, 0.29) is 35.7 Å². The van der Waals surface area contributed by atoms with Gasteiger partial charge in [-0.1, -0.05) is 13.8 Å². The van der Waals surface area contributed by atoms with Crippen LogP contribution in [-0.4, -0.2) is 34.6 Å². The Morgan fingerprint density at radius 3 is 2.54 bits per heavy atom. The predicted octanol–water partition coefficient (Wildman–Crippen LogP) is 0.543. The lowest BCUT2D eigenvalue weighted by Crippen LogP contribution is -2.50. The molecule has 0 amide bonds. The fraction of sp³-hybridized carbons (Fsp3) is 1.00. The van der Waals surface area contributed by atoms with Crippen molar-refractivity contribution in [3.8, 4) is 0 Å². The Kier molecular flexibility index (Phi) is 1.79. The van der Waals surface area contributed by atoms with E-state index in [1.54, 1.807) is 0 Å². The van der Waals surface area contributed by atoms with E-state index in [0.29, 0.717) is 6.42 Å². The van der Waals surface area contributed by atoms with Crippen LogP contribution in [-0.2, 0) is 4.74 Å². The van der Waals surface area contributed by atoms with Crippen LogP contribution in [0.25, 0.3) is 0 Å². The van der Waals surface area contributed by atoms with E-state index >= 15 is 0 Å². The molecule has 13 heavy (non-hydrogen) atoms. The number of rotatable bonds is 1. The lowest BCUT2D eigenvalue weighted by atomic mass is 9.63. The van der Waals surface area contributed by atoms with Gasteiger partial charge < -0.3 is 14.9 Å². The molecule has 0 unspecified atom stereocenters. The van der Waals surface area contributed by atoms with E-state index < -0.39 is 0 Å². The molecule has 1 heterocycles. The second-order valence-corrected chi connectivity index (χ2v) is 5.10. The van der Waals surface area contributed by atoms with Crippen LogP contribution in [0.15, 0.2) is 0 Å². The maximum Gasteiger partial charge on any atom is 0.0977 e. The van der Waals surface area contributed by atoms with E-state index in [1.165, 1.54) is 0 Å². The van der Waals surface area contributed by atoms with Gasteiger partial charge in [-0.3, -0.25) is 0 Å². The van der Waals surface area contributed by atoms with Gasteiger partial charge in [0.1, 0.15) is 0 Å². The second kappa shape index (κ2) is 2.47. The van der Waals surface area contributed by atoms with E-state index in [1.807, 2.05) is 20.8 Å². The van der Waals surface area contributed by atoms with Gasteiger partial charge in [0.25, 0.3) is 0 Å². The maximum atomic E-state index is 9.86. The molecule has 2 fully saturated rings. The van der Waals surface area contributed by atoms with E-state index in [0.717, 1.165) is 0 Å². The number of epoxide rings is 1. The molecule has 0 radical (unpaired) electrons. The van der Waals surface area contributed by atoms with Crippen molar-refractivity contribution < 1.29 is 14.9 Å². The Morgan fingerprint density at radius 1 is 1.38 bits per heavy atom. The third-order valence-electron chi connectivity index (χ3n) is 4.05. The SMILES string of the molecule is CC1(C)[C@H](O)C[C@@H]2O[C@]2(C)[C@@H]1CO. The van der Waals surface area contributed by atoms with Crippen molar-refractivity contribution >= 4 is 0 Å². The van der Waals surface area contributed by atoms with Crippen LogP contribution in [0.5, 0.6) is 0 Å². The number of fused-ring (bicyclic) bond motifs is 1. The van der Waals surface area contributed by atoms with Crippen molar-refractivity contribution in [1.29, 1.82) is 0 Å². The molecule has 4 atom stereocenters. The molecule has 0 aromatic rings. The van der Waals surface area contributed by atoms with E-state index in [2.05, 4.69) is 0 Å². The van der Waals surface area contributed by atoms with Crippen LogP contribution >= 0.6 is 0 Å². The molecule has 0 bridgehead atoms. The molecule has 0 aromatic heterocycles. The predicted molar refractivity (Wildman–Crippen MR) is 48.3 cm³/mol. The highest BCUT2D eigenvalue weighted by atomic mass is 16.6. The first kappa shape index (κ1) is 9.44. The van der Waals surface area contributed by atoms with Crippen molar-refractivity contribution in [2.24, 2.45) is 11.3 Å². The standard InChI is InChI=1S/C10H18O3/c1-9(2)6(5-11)10(3)8(13-10)4-7(9)12/h6-8,11-12H,4-5H2,1-3H3/t6-,7-,8+,10-/m1/s1. The summed E-state index contributed by atoms with van der Waals surface area (Å²) < 4.78 is 5.55. The third-order valence-corrected chi connectivity index (χ3v) is 4.05. The summed E-state index contributed by atoms with van der Waals surface area (Å²) in [5.74, 6) is 0.0498. The summed E-state index contributed by atoms with van der Waals surface area (Å²) in [6.07, 6.45) is 0.512. The van der Waals surface area contributed by atoms with Gasteiger partial charge in [0, 0.05) is 18.9 Å². The summed E-state index contributed by atoms with van der Waals surface area (Å²) in [6.45, 7) is 6.13. The monoisotopic (exact) mass is 186 g/mol. The number of hydrogen-bond donors (Lipinski definition) is 2. The van der Waals surface area contributed by atoms with Gasteiger partial charge in [0.15, 0.2) is 0 Å². The van der Waals surface area contributed by atoms with Gasteiger partial charge in [-0.05, 0) is 12.3 Å². The van der Waals surface area contributed by atoms with Crippen LogP contribution in [0.1, 0.15) is 27.2 Å². The highest BCUT2D eigenvalue weighted by Gasteiger charge is 2.66. The zero-order chi connectivity index (χ0) is 9.85. The highest BCUT2D eigenvalue weighted by molar-refractivity contribution is 5.14. The largest absolute Gasteiger partial charge is 0.396 e. The number of ether oxygens (including phenoxy) is 1. The van der Waals surface area contributed by atoms with Gasteiger partial charge >= 0.3 is 0 Å². The summed E-state index contributed by atoms with van der Waals surface area (Å²) >= 11 is 0. The summed E-state index contributed by atoms with van der Waals surface area (Å²) in [7, 11) is 0. The Labute approximate surface area is 78.7 Å². The topological polar surface area (TPSA) is 53.0 Å². The summed E-state index contributed by atoms with van der Waals surface area (Å²) in [5, 5.41) is 19.2. The number of hydrogen-bond acceptors (Lipinski definition) is 3.